The molecule has 4 heteroatoms. The number of fused-ring (bicyclic) bond motifs is 1. The molecule has 0 unspecified atom stereocenters. The van der Waals surface area contributed by atoms with E-state index in [9.17, 15) is 9.59 Å². The summed E-state index contributed by atoms with van der Waals surface area (Å²) >= 11 is 2.17. The minimum atomic E-state index is -0.116. The van der Waals surface area contributed by atoms with Crippen LogP contribution < -0.4 is 0 Å². The zero-order chi connectivity index (χ0) is 13.4. The summed E-state index contributed by atoms with van der Waals surface area (Å²) in [7, 11) is 0. The Labute approximate surface area is 126 Å². The van der Waals surface area contributed by atoms with Crippen LogP contribution in [0.5, 0.6) is 0 Å². The van der Waals surface area contributed by atoms with Crippen molar-refractivity contribution in [2.45, 2.75) is 32.1 Å². The summed E-state index contributed by atoms with van der Waals surface area (Å²) in [6.45, 7) is 0.577. The molecule has 0 bridgehead atoms. The molecule has 100 valence electrons. The van der Waals surface area contributed by atoms with Crippen LogP contribution in [0.15, 0.2) is 18.2 Å². The van der Waals surface area contributed by atoms with Gasteiger partial charge >= 0.3 is 0 Å². The molecule has 1 heterocycles. The van der Waals surface area contributed by atoms with Crippen LogP contribution >= 0.6 is 22.6 Å². The van der Waals surface area contributed by atoms with E-state index >= 15 is 0 Å². The number of benzene rings is 1. The first-order valence-electron chi connectivity index (χ1n) is 6.82. The lowest BCUT2D eigenvalue weighted by atomic mass is 10.0. The fourth-order valence-corrected chi connectivity index (χ4v) is 3.57. The number of halogens is 1. The second kappa shape index (κ2) is 5.23. The lowest BCUT2D eigenvalue weighted by Crippen LogP contribution is -2.31. The molecule has 0 aromatic heterocycles. The van der Waals surface area contributed by atoms with E-state index in [-0.39, 0.29) is 11.8 Å². The Morgan fingerprint density at radius 3 is 2.53 bits per heavy atom. The number of nitrogens with zero attached hydrogens (tertiary/aromatic N) is 1. The molecule has 2 aliphatic rings. The lowest BCUT2D eigenvalue weighted by molar-refractivity contribution is 0.0646. The molecule has 1 fully saturated rings. The molecule has 1 aliphatic heterocycles. The zero-order valence-electron chi connectivity index (χ0n) is 10.7. The molecule has 0 spiro atoms. The van der Waals surface area contributed by atoms with Crippen LogP contribution in [0, 0.1) is 9.49 Å². The predicted octanol–water partition coefficient (Wildman–Crippen LogP) is 3.47. The van der Waals surface area contributed by atoms with Gasteiger partial charge in [0, 0.05) is 10.1 Å². The van der Waals surface area contributed by atoms with Crippen LogP contribution in [-0.4, -0.2) is 23.3 Å². The topological polar surface area (TPSA) is 37.4 Å². The Balaban J connectivity index is 1.74. The Morgan fingerprint density at radius 2 is 1.79 bits per heavy atom. The monoisotopic (exact) mass is 369 g/mol. The van der Waals surface area contributed by atoms with Crippen molar-refractivity contribution in [3.63, 3.8) is 0 Å². The molecule has 3 nitrogen and oxygen atoms in total. The second-order valence-corrected chi connectivity index (χ2v) is 6.64. The molecule has 1 aromatic carbocycles. The van der Waals surface area contributed by atoms with Crippen LogP contribution in [-0.2, 0) is 0 Å². The van der Waals surface area contributed by atoms with Crippen molar-refractivity contribution in [2.24, 2.45) is 5.92 Å². The standard InChI is InChI=1S/C15H16INO2/c16-11-5-6-12-13(9-11)15(19)17(14(12)18)8-7-10-3-1-2-4-10/h5-6,9-10H,1-4,7-8H2. The molecule has 0 radical (unpaired) electrons. The second-order valence-electron chi connectivity index (χ2n) is 5.39. The number of rotatable bonds is 3. The summed E-state index contributed by atoms with van der Waals surface area (Å²) in [6.07, 6.45) is 6.06. The highest BCUT2D eigenvalue weighted by atomic mass is 127. The van der Waals surface area contributed by atoms with Crippen molar-refractivity contribution in [2.75, 3.05) is 6.54 Å². The van der Waals surface area contributed by atoms with Crippen LogP contribution in [0.4, 0.5) is 0 Å². The minimum Gasteiger partial charge on any atom is -0.274 e. The molecule has 0 saturated heterocycles. The Bertz CT molecular complexity index is 535. The van der Waals surface area contributed by atoms with E-state index in [1.807, 2.05) is 12.1 Å². The number of amides is 2. The van der Waals surface area contributed by atoms with Gasteiger partial charge in [0.25, 0.3) is 11.8 Å². The number of hydrogen-bond donors (Lipinski definition) is 0. The number of hydrogen-bond acceptors (Lipinski definition) is 2. The van der Waals surface area contributed by atoms with Gasteiger partial charge in [-0.2, -0.15) is 0 Å². The summed E-state index contributed by atoms with van der Waals surface area (Å²) in [6, 6.07) is 5.46. The maximum Gasteiger partial charge on any atom is 0.261 e. The van der Waals surface area contributed by atoms with Crippen LogP contribution in [0.2, 0.25) is 0 Å². The van der Waals surface area contributed by atoms with Crippen molar-refractivity contribution in [1.82, 2.24) is 4.90 Å². The summed E-state index contributed by atoms with van der Waals surface area (Å²) in [5.41, 5.74) is 1.14. The van der Waals surface area contributed by atoms with E-state index < -0.39 is 0 Å². The first-order valence-corrected chi connectivity index (χ1v) is 7.90. The van der Waals surface area contributed by atoms with Crippen LogP contribution in [0.3, 0.4) is 0 Å². The highest BCUT2D eigenvalue weighted by molar-refractivity contribution is 14.1. The van der Waals surface area contributed by atoms with Gasteiger partial charge in [-0.3, -0.25) is 14.5 Å². The van der Waals surface area contributed by atoms with Crippen LogP contribution in [0.25, 0.3) is 0 Å². The molecular formula is C15H16INO2. The summed E-state index contributed by atoms with van der Waals surface area (Å²) in [5, 5.41) is 0. The Morgan fingerprint density at radius 1 is 1.11 bits per heavy atom. The van der Waals surface area contributed by atoms with E-state index in [0.717, 1.165) is 9.99 Å². The van der Waals surface area contributed by atoms with Gasteiger partial charge in [-0.05, 0) is 53.1 Å². The SMILES string of the molecule is O=C1c2ccc(I)cc2C(=O)N1CCC1CCCC1. The van der Waals surface area contributed by atoms with Gasteiger partial charge in [-0.1, -0.05) is 25.7 Å². The highest BCUT2D eigenvalue weighted by Gasteiger charge is 2.35. The molecular weight excluding hydrogens is 353 g/mol. The largest absolute Gasteiger partial charge is 0.274 e. The Hall–Kier alpha value is -0.910. The van der Waals surface area contributed by atoms with Gasteiger partial charge in [0.1, 0.15) is 0 Å². The molecule has 0 N–H and O–H groups in total. The van der Waals surface area contributed by atoms with E-state index in [0.29, 0.717) is 23.6 Å². The van der Waals surface area contributed by atoms with Gasteiger partial charge in [-0.25, -0.2) is 0 Å². The average Bonchev–Trinajstić information content (AvgIpc) is 2.98. The van der Waals surface area contributed by atoms with E-state index in [1.165, 1.54) is 30.6 Å². The maximum atomic E-state index is 12.3. The third-order valence-corrected chi connectivity index (χ3v) is 4.84. The number of carbonyl (C=O) groups excluding carboxylic acids is 2. The smallest absolute Gasteiger partial charge is 0.261 e. The van der Waals surface area contributed by atoms with Crippen molar-refractivity contribution in [3.8, 4) is 0 Å². The van der Waals surface area contributed by atoms with Crippen LogP contribution in [0.1, 0.15) is 52.8 Å². The Kier molecular flexibility index (Phi) is 3.60. The molecule has 1 aliphatic carbocycles. The maximum absolute atomic E-state index is 12.3. The molecule has 1 saturated carbocycles. The molecule has 0 atom stereocenters. The molecule has 19 heavy (non-hydrogen) atoms. The van der Waals surface area contributed by atoms with E-state index in [1.54, 1.807) is 6.07 Å². The fraction of sp³-hybridized carbons (Fsp3) is 0.467. The van der Waals surface area contributed by atoms with E-state index in [4.69, 9.17) is 0 Å². The lowest BCUT2D eigenvalue weighted by Gasteiger charge is -2.16. The third-order valence-electron chi connectivity index (χ3n) is 4.17. The minimum absolute atomic E-state index is 0.114. The first-order chi connectivity index (χ1) is 9.16. The summed E-state index contributed by atoms with van der Waals surface area (Å²) in [5.74, 6) is 0.468. The summed E-state index contributed by atoms with van der Waals surface area (Å²) in [4.78, 5) is 25.9. The number of carbonyl (C=O) groups is 2. The van der Waals surface area contributed by atoms with E-state index in [2.05, 4.69) is 22.6 Å². The normalized spacial score (nSPS) is 19.3. The first kappa shape index (κ1) is 13.1. The quantitative estimate of drug-likeness (QED) is 0.605. The predicted molar refractivity (Wildman–Crippen MR) is 81.1 cm³/mol. The highest BCUT2D eigenvalue weighted by Crippen LogP contribution is 2.30. The summed E-state index contributed by atoms with van der Waals surface area (Å²) < 4.78 is 0.996. The molecule has 1 aromatic rings. The zero-order valence-corrected chi connectivity index (χ0v) is 12.9. The van der Waals surface area contributed by atoms with Gasteiger partial charge in [-0.15, -0.1) is 0 Å². The van der Waals surface area contributed by atoms with Gasteiger partial charge in [0.15, 0.2) is 0 Å². The van der Waals surface area contributed by atoms with Gasteiger partial charge in [0.2, 0.25) is 0 Å². The molecule has 3 rings (SSSR count). The van der Waals surface area contributed by atoms with Crippen molar-refractivity contribution in [1.29, 1.82) is 0 Å². The third kappa shape index (κ3) is 2.42. The average molecular weight is 369 g/mol. The molecule has 2 amide bonds. The van der Waals surface area contributed by atoms with Crippen molar-refractivity contribution >= 4 is 34.4 Å². The number of imide groups is 1. The van der Waals surface area contributed by atoms with Gasteiger partial charge < -0.3 is 0 Å². The van der Waals surface area contributed by atoms with Crippen molar-refractivity contribution < 1.29 is 9.59 Å². The fourth-order valence-electron chi connectivity index (χ4n) is 3.08. The van der Waals surface area contributed by atoms with Gasteiger partial charge in [0.05, 0.1) is 11.1 Å². The van der Waals surface area contributed by atoms with Crippen molar-refractivity contribution in [3.05, 3.63) is 32.9 Å².